The van der Waals surface area contributed by atoms with E-state index in [0.29, 0.717) is 44.9 Å². The number of rotatable bonds is 13. The summed E-state index contributed by atoms with van der Waals surface area (Å²) in [7, 11) is 7.68. The van der Waals surface area contributed by atoms with E-state index in [9.17, 15) is 33.9 Å². The van der Waals surface area contributed by atoms with Crippen molar-refractivity contribution in [3.05, 3.63) is 59.7 Å². The molecule has 4 amide bonds. The van der Waals surface area contributed by atoms with Gasteiger partial charge in [0.05, 0.1) is 18.3 Å². The number of ether oxygens (including phenoxy) is 1. The molecule has 6 rings (SSSR count). The van der Waals surface area contributed by atoms with Gasteiger partial charge < -0.3 is 29.4 Å². The van der Waals surface area contributed by atoms with Gasteiger partial charge in [-0.05, 0) is 79.0 Å². The molecule has 0 radical (unpaired) electrons. The van der Waals surface area contributed by atoms with Gasteiger partial charge in [0, 0.05) is 41.2 Å². The van der Waals surface area contributed by atoms with Crippen LogP contribution in [0.15, 0.2) is 48.5 Å². The van der Waals surface area contributed by atoms with Gasteiger partial charge in [0.15, 0.2) is 0 Å². The van der Waals surface area contributed by atoms with Crippen molar-refractivity contribution in [2.45, 2.75) is 94.7 Å². The summed E-state index contributed by atoms with van der Waals surface area (Å²) in [6.45, 7) is 2.20. The highest BCUT2D eigenvalue weighted by Crippen LogP contribution is 2.47. The molecule has 0 heterocycles. The average Bonchev–Trinajstić information content (AvgIpc) is 3.89. The zero-order valence-electron chi connectivity index (χ0n) is 33.0. The predicted molar refractivity (Wildman–Crippen MR) is 205 cm³/mol. The molecule has 55 heavy (non-hydrogen) atoms. The van der Waals surface area contributed by atoms with Crippen molar-refractivity contribution in [2.75, 3.05) is 41.8 Å². The number of nitrogens with zero attached hydrogens (tertiary/aromatic N) is 4. The lowest BCUT2D eigenvalue weighted by Crippen LogP contribution is -2.67. The molecular weight excluding hydrogens is 700 g/mol. The highest BCUT2D eigenvalue weighted by atomic mass is 16.5. The van der Waals surface area contributed by atoms with Crippen LogP contribution in [0.2, 0.25) is 0 Å². The quantitative estimate of drug-likeness (QED) is 0.288. The minimum atomic E-state index is -1.24. The summed E-state index contributed by atoms with van der Waals surface area (Å²) < 4.78 is 6.06. The van der Waals surface area contributed by atoms with Crippen molar-refractivity contribution in [1.82, 2.24) is 19.6 Å². The zero-order valence-corrected chi connectivity index (χ0v) is 33.0. The van der Waals surface area contributed by atoms with Crippen LogP contribution in [0.4, 0.5) is 0 Å². The predicted octanol–water partition coefficient (Wildman–Crippen LogP) is 4.79. The molecule has 0 spiro atoms. The monoisotopic (exact) mass is 756 g/mol. The molecule has 4 aliphatic rings. The fourth-order valence-corrected chi connectivity index (χ4v) is 9.83. The van der Waals surface area contributed by atoms with Gasteiger partial charge in [0.25, 0.3) is 0 Å². The Bertz CT molecular complexity index is 1770. The minimum absolute atomic E-state index is 0.103. The fraction of sp³-hybridized carbons (Fsp3) is 0.581. The summed E-state index contributed by atoms with van der Waals surface area (Å²) in [6.07, 6.45) is 5.16. The molecule has 0 saturated heterocycles. The Morgan fingerprint density at radius 2 is 1.35 bits per heavy atom. The third-order valence-corrected chi connectivity index (χ3v) is 13.1. The number of carboxylic acid groups (broad SMARTS) is 1. The molecule has 0 aliphatic heterocycles. The van der Waals surface area contributed by atoms with Crippen molar-refractivity contribution in [3.8, 4) is 11.1 Å². The number of carboxylic acids is 1. The highest BCUT2D eigenvalue weighted by Gasteiger charge is 2.56. The molecule has 3 fully saturated rings. The molecule has 5 atom stereocenters. The Morgan fingerprint density at radius 1 is 0.782 bits per heavy atom. The van der Waals surface area contributed by atoms with Crippen LogP contribution >= 0.6 is 0 Å². The Hall–Kier alpha value is -4.74. The van der Waals surface area contributed by atoms with E-state index in [0.717, 1.165) is 35.1 Å². The molecule has 1 unspecified atom stereocenters. The lowest BCUT2D eigenvalue weighted by molar-refractivity contribution is -0.167. The van der Waals surface area contributed by atoms with E-state index in [4.69, 9.17) is 4.74 Å². The van der Waals surface area contributed by atoms with Crippen LogP contribution in [0.25, 0.3) is 11.1 Å². The Balaban J connectivity index is 1.19. The number of hydrogen-bond acceptors (Lipinski definition) is 7. The summed E-state index contributed by atoms with van der Waals surface area (Å²) in [5.74, 6) is -4.75. The first-order chi connectivity index (χ1) is 26.2. The van der Waals surface area contributed by atoms with Gasteiger partial charge in [-0.2, -0.15) is 0 Å². The smallest absolute Gasteiger partial charge is 0.309 e. The van der Waals surface area contributed by atoms with Crippen LogP contribution in [-0.4, -0.2) is 120 Å². The molecular formula is C43H56N4O8. The Kier molecular flexibility index (Phi) is 11.7. The van der Waals surface area contributed by atoms with E-state index in [1.54, 1.807) is 14.1 Å². The van der Waals surface area contributed by atoms with Crippen LogP contribution in [0.5, 0.6) is 0 Å². The SMILES string of the molecule is C[C@@H]1CC(C(=O)OCC2c3ccccc3-c3ccccc32)[C@H](C(=O)N(C)C2(C(=O)N(C)[C@H](C(=O)N(C)[C@@H](CC(=O)O)C(=O)N(C)C)C3CCCC3)CCC2)C1. The first-order valence-electron chi connectivity index (χ1n) is 19.8. The van der Waals surface area contributed by atoms with Crippen LogP contribution in [0, 0.1) is 23.7 Å². The summed E-state index contributed by atoms with van der Waals surface area (Å²) in [6, 6.07) is 14.1. The first-order valence-corrected chi connectivity index (χ1v) is 19.8. The Labute approximate surface area is 324 Å². The molecule has 12 heteroatoms. The normalized spacial score (nSPS) is 22.4. The second-order valence-corrected chi connectivity index (χ2v) is 16.6. The number of likely N-dealkylation sites (N-methyl/N-ethyl adjacent to an activating group) is 4. The summed E-state index contributed by atoms with van der Waals surface area (Å²) in [5.41, 5.74) is 3.30. The lowest BCUT2D eigenvalue weighted by atomic mass is 9.73. The maximum Gasteiger partial charge on any atom is 0.309 e. The minimum Gasteiger partial charge on any atom is -0.481 e. The standard InChI is InChI=1S/C43H56N4O8/c1-26-22-32(33(23-26)41(53)55-25-34-30-18-11-9-16-28(30)29-17-10-12-19-31(29)34)38(50)47(6)43(20-13-21-43)42(54)46(5)37(27-14-7-8-15-27)40(52)45(4)35(24-36(48)49)39(51)44(2)3/h9-12,16-19,26-27,32-35,37H,7-8,13-15,20-25H2,1-6H3,(H,48,49)/t26-,32+,33?,35-,37-/m0/s1. The molecule has 2 aromatic rings. The topological polar surface area (TPSA) is 145 Å². The molecule has 4 aliphatic carbocycles. The molecule has 12 nitrogen and oxygen atoms in total. The molecule has 0 bridgehead atoms. The third kappa shape index (κ3) is 7.48. The van der Waals surface area contributed by atoms with Gasteiger partial charge in [0.2, 0.25) is 23.6 Å². The van der Waals surface area contributed by atoms with Crippen LogP contribution in [-0.2, 0) is 33.5 Å². The molecule has 296 valence electrons. The van der Waals surface area contributed by atoms with Crippen molar-refractivity contribution >= 4 is 35.6 Å². The van der Waals surface area contributed by atoms with Crippen molar-refractivity contribution < 1.29 is 38.6 Å². The largest absolute Gasteiger partial charge is 0.481 e. The molecule has 2 aromatic carbocycles. The van der Waals surface area contributed by atoms with Crippen LogP contribution in [0.3, 0.4) is 0 Å². The molecule has 1 N–H and O–H groups in total. The number of carbonyl (C=O) groups excluding carboxylic acids is 5. The number of amides is 4. The van der Waals surface area contributed by atoms with E-state index < -0.39 is 59.6 Å². The van der Waals surface area contributed by atoms with E-state index in [-0.39, 0.29) is 36.2 Å². The number of hydrogen-bond donors (Lipinski definition) is 1. The van der Waals surface area contributed by atoms with E-state index in [1.165, 1.54) is 40.7 Å². The van der Waals surface area contributed by atoms with Crippen molar-refractivity contribution in [3.63, 3.8) is 0 Å². The number of esters is 1. The maximum absolute atomic E-state index is 14.8. The maximum atomic E-state index is 14.8. The van der Waals surface area contributed by atoms with Gasteiger partial charge in [-0.15, -0.1) is 0 Å². The summed E-state index contributed by atoms with van der Waals surface area (Å²) in [5, 5.41) is 9.62. The van der Waals surface area contributed by atoms with Crippen molar-refractivity contribution in [1.29, 1.82) is 0 Å². The Morgan fingerprint density at radius 3 is 1.87 bits per heavy atom. The van der Waals surface area contributed by atoms with Gasteiger partial charge in [-0.3, -0.25) is 28.8 Å². The second kappa shape index (κ2) is 16.2. The van der Waals surface area contributed by atoms with Crippen LogP contribution < -0.4 is 0 Å². The highest BCUT2D eigenvalue weighted by molar-refractivity contribution is 5.98. The van der Waals surface area contributed by atoms with E-state index >= 15 is 0 Å². The number of benzene rings is 2. The van der Waals surface area contributed by atoms with E-state index in [2.05, 4.69) is 24.3 Å². The van der Waals surface area contributed by atoms with Gasteiger partial charge in [-0.1, -0.05) is 68.3 Å². The second-order valence-electron chi connectivity index (χ2n) is 16.6. The van der Waals surface area contributed by atoms with Gasteiger partial charge in [0.1, 0.15) is 24.2 Å². The van der Waals surface area contributed by atoms with Crippen molar-refractivity contribution in [2.24, 2.45) is 23.7 Å². The zero-order chi connectivity index (χ0) is 39.8. The fourth-order valence-electron chi connectivity index (χ4n) is 9.83. The first kappa shape index (κ1) is 39.9. The van der Waals surface area contributed by atoms with Gasteiger partial charge >= 0.3 is 11.9 Å². The van der Waals surface area contributed by atoms with Gasteiger partial charge in [-0.25, -0.2) is 0 Å². The third-order valence-electron chi connectivity index (χ3n) is 13.1. The van der Waals surface area contributed by atoms with Crippen LogP contribution in [0.1, 0.15) is 88.2 Å². The number of fused-ring (bicyclic) bond motifs is 3. The van der Waals surface area contributed by atoms with E-state index in [1.807, 2.05) is 31.2 Å². The lowest BCUT2D eigenvalue weighted by Gasteiger charge is -2.51. The number of carbonyl (C=O) groups is 6. The summed E-state index contributed by atoms with van der Waals surface area (Å²) in [4.78, 5) is 87.9. The summed E-state index contributed by atoms with van der Waals surface area (Å²) >= 11 is 0. The number of aliphatic carboxylic acids is 1. The molecule has 3 saturated carbocycles. The average molecular weight is 757 g/mol. The molecule has 0 aromatic heterocycles.